The molecule has 0 radical (unpaired) electrons. The molecular weight excluding hydrogens is 316 g/mol. The van der Waals surface area contributed by atoms with Gasteiger partial charge in [-0.25, -0.2) is 0 Å². The molecule has 122 valence electrons. The summed E-state index contributed by atoms with van der Waals surface area (Å²) in [5.41, 5.74) is 0. The third kappa shape index (κ3) is 5.61. The molecule has 2 rings (SSSR count). The van der Waals surface area contributed by atoms with Gasteiger partial charge in [-0.05, 0) is 19.8 Å². The lowest BCUT2D eigenvalue weighted by molar-refractivity contribution is -0.121. The fourth-order valence-electron chi connectivity index (χ4n) is 2.44. The minimum atomic E-state index is -0.150. The molecule has 0 spiro atoms. The van der Waals surface area contributed by atoms with Crippen LogP contribution in [0.5, 0.6) is 0 Å². The molecule has 1 aromatic rings. The SMILES string of the molecule is C=CCNc1nnc(S[C@H](C)C(=O)NC2CCCCCC2)s1. The minimum absolute atomic E-state index is 0.104. The summed E-state index contributed by atoms with van der Waals surface area (Å²) < 4.78 is 0.815. The van der Waals surface area contributed by atoms with Gasteiger partial charge >= 0.3 is 0 Å². The van der Waals surface area contributed by atoms with Crippen molar-refractivity contribution in [3.63, 3.8) is 0 Å². The largest absolute Gasteiger partial charge is 0.357 e. The first-order chi connectivity index (χ1) is 10.7. The van der Waals surface area contributed by atoms with E-state index in [4.69, 9.17) is 0 Å². The number of hydrogen-bond donors (Lipinski definition) is 2. The molecule has 1 heterocycles. The third-order valence-corrected chi connectivity index (χ3v) is 5.72. The summed E-state index contributed by atoms with van der Waals surface area (Å²) in [7, 11) is 0. The number of carbonyl (C=O) groups is 1. The number of thioether (sulfide) groups is 1. The van der Waals surface area contributed by atoms with E-state index in [9.17, 15) is 4.79 Å². The van der Waals surface area contributed by atoms with E-state index in [0.717, 1.165) is 22.3 Å². The van der Waals surface area contributed by atoms with Crippen LogP contribution < -0.4 is 10.6 Å². The number of amides is 1. The number of rotatable bonds is 7. The summed E-state index contributed by atoms with van der Waals surface area (Å²) in [5, 5.41) is 15.1. The van der Waals surface area contributed by atoms with Gasteiger partial charge < -0.3 is 10.6 Å². The molecule has 1 atom stereocenters. The molecule has 1 fully saturated rings. The first-order valence-electron chi connectivity index (χ1n) is 7.84. The molecule has 0 aliphatic heterocycles. The van der Waals surface area contributed by atoms with E-state index in [0.29, 0.717) is 12.6 Å². The molecule has 0 saturated heterocycles. The molecule has 0 bridgehead atoms. The van der Waals surface area contributed by atoms with Crippen molar-refractivity contribution in [2.24, 2.45) is 0 Å². The Bertz CT molecular complexity index is 484. The maximum Gasteiger partial charge on any atom is 0.233 e. The zero-order valence-electron chi connectivity index (χ0n) is 13.0. The van der Waals surface area contributed by atoms with Crippen LogP contribution in [0.2, 0.25) is 0 Å². The normalized spacial score (nSPS) is 17.5. The monoisotopic (exact) mass is 340 g/mol. The molecule has 0 aromatic carbocycles. The number of aromatic nitrogens is 2. The van der Waals surface area contributed by atoms with Gasteiger partial charge in [-0.1, -0.05) is 54.9 Å². The highest BCUT2D eigenvalue weighted by atomic mass is 32.2. The van der Waals surface area contributed by atoms with Crippen LogP contribution >= 0.6 is 23.1 Å². The number of hydrogen-bond acceptors (Lipinski definition) is 6. The predicted octanol–water partition coefficient (Wildman–Crippen LogP) is 3.46. The van der Waals surface area contributed by atoms with Crippen molar-refractivity contribution in [3.8, 4) is 0 Å². The number of nitrogens with zero attached hydrogens (tertiary/aromatic N) is 2. The zero-order chi connectivity index (χ0) is 15.8. The highest BCUT2D eigenvalue weighted by Gasteiger charge is 2.21. The van der Waals surface area contributed by atoms with Crippen molar-refractivity contribution in [1.29, 1.82) is 0 Å². The van der Waals surface area contributed by atoms with Crippen molar-refractivity contribution in [3.05, 3.63) is 12.7 Å². The molecule has 1 aliphatic carbocycles. The summed E-state index contributed by atoms with van der Waals surface area (Å²) in [6, 6.07) is 0.345. The minimum Gasteiger partial charge on any atom is -0.357 e. The average Bonchev–Trinajstić information content (AvgIpc) is 2.79. The molecule has 7 heteroatoms. The van der Waals surface area contributed by atoms with Crippen molar-refractivity contribution >= 4 is 34.1 Å². The standard InChI is InChI=1S/C15H24N4OS2/c1-3-10-16-14-18-19-15(22-14)21-11(2)13(20)17-12-8-6-4-5-7-9-12/h3,11-12H,1,4-10H2,2H3,(H,16,18)(H,17,20)/t11-/m1/s1. The van der Waals surface area contributed by atoms with Crippen LogP contribution in [0, 0.1) is 0 Å². The lowest BCUT2D eigenvalue weighted by atomic mass is 10.1. The van der Waals surface area contributed by atoms with E-state index in [-0.39, 0.29) is 11.2 Å². The Morgan fingerprint density at radius 3 is 2.82 bits per heavy atom. The van der Waals surface area contributed by atoms with Crippen molar-refractivity contribution in [2.45, 2.75) is 61.1 Å². The van der Waals surface area contributed by atoms with E-state index in [1.54, 1.807) is 6.08 Å². The van der Waals surface area contributed by atoms with Crippen molar-refractivity contribution in [2.75, 3.05) is 11.9 Å². The van der Waals surface area contributed by atoms with E-state index in [2.05, 4.69) is 27.4 Å². The maximum absolute atomic E-state index is 12.3. The fourth-order valence-corrected chi connectivity index (χ4v) is 4.35. The van der Waals surface area contributed by atoms with Crippen LogP contribution in [-0.2, 0) is 4.79 Å². The van der Waals surface area contributed by atoms with Gasteiger partial charge in [-0.15, -0.1) is 16.8 Å². The van der Waals surface area contributed by atoms with Gasteiger partial charge in [-0.3, -0.25) is 4.79 Å². The second-order valence-electron chi connectivity index (χ2n) is 5.50. The fraction of sp³-hybridized carbons (Fsp3) is 0.667. The van der Waals surface area contributed by atoms with E-state index in [1.165, 1.54) is 48.8 Å². The second kappa shape index (κ2) is 9.15. The highest BCUT2D eigenvalue weighted by Crippen LogP contribution is 2.29. The Hall–Kier alpha value is -1.08. The van der Waals surface area contributed by atoms with E-state index >= 15 is 0 Å². The lowest BCUT2D eigenvalue weighted by Gasteiger charge is -2.18. The Kier molecular flexibility index (Phi) is 7.18. The first-order valence-corrected chi connectivity index (χ1v) is 9.54. The first kappa shape index (κ1) is 17.3. The molecule has 1 aromatic heterocycles. The Balaban J connectivity index is 1.79. The number of carbonyl (C=O) groups excluding carboxylic acids is 1. The van der Waals surface area contributed by atoms with Crippen LogP contribution in [0.15, 0.2) is 17.0 Å². The van der Waals surface area contributed by atoms with Gasteiger partial charge in [0.2, 0.25) is 11.0 Å². The van der Waals surface area contributed by atoms with E-state index in [1.807, 2.05) is 6.92 Å². The summed E-state index contributed by atoms with van der Waals surface area (Å²) >= 11 is 2.94. The Labute approximate surface area is 140 Å². The van der Waals surface area contributed by atoms with Crippen LogP contribution in [0.25, 0.3) is 0 Å². The van der Waals surface area contributed by atoms with E-state index < -0.39 is 0 Å². The molecule has 5 nitrogen and oxygen atoms in total. The number of nitrogens with one attached hydrogen (secondary N) is 2. The predicted molar refractivity (Wildman–Crippen MR) is 93.5 cm³/mol. The van der Waals surface area contributed by atoms with Gasteiger partial charge in [0.1, 0.15) is 0 Å². The molecule has 1 saturated carbocycles. The summed E-state index contributed by atoms with van der Waals surface area (Å²) in [6.45, 7) is 6.24. The van der Waals surface area contributed by atoms with Gasteiger partial charge in [0, 0.05) is 12.6 Å². The van der Waals surface area contributed by atoms with Crippen LogP contribution in [0.1, 0.15) is 45.4 Å². The second-order valence-corrected chi connectivity index (χ2v) is 8.07. The van der Waals surface area contributed by atoms with Crippen LogP contribution in [-0.4, -0.2) is 33.9 Å². The van der Waals surface area contributed by atoms with Gasteiger partial charge in [0.25, 0.3) is 0 Å². The molecule has 22 heavy (non-hydrogen) atoms. The third-order valence-electron chi connectivity index (χ3n) is 3.65. The molecule has 1 amide bonds. The topological polar surface area (TPSA) is 66.9 Å². The highest BCUT2D eigenvalue weighted by molar-refractivity contribution is 8.02. The average molecular weight is 341 g/mol. The van der Waals surface area contributed by atoms with Crippen molar-refractivity contribution in [1.82, 2.24) is 15.5 Å². The van der Waals surface area contributed by atoms with Gasteiger partial charge in [-0.2, -0.15) is 0 Å². The molecule has 0 unspecified atom stereocenters. The van der Waals surface area contributed by atoms with Gasteiger partial charge in [0.05, 0.1) is 5.25 Å². The Morgan fingerprint density at radius 1 is 1.41 bits per heavy atom. The summed E-state index contributed by atoms with van der Waals surface area (Å²) in [5.74, 6) is 0.104. The molecule has 2 N–H and O–H groups in total. The quantitative estimate of drug-likeness (QED) is 0.452. The summed E-state index contributed by atoms with van der Waals surface area (Å²) in [6.07, 6.45) is 9.03. The van der Waals surface area contributed by atoms with Crippen molar-refractivity contribution < 1.29 is 4.79 Å². The Morgan fingerprint density at radius 2 is 2.14 bits per heavy atom. The van der Waals surface area contributed by atoms with Crippen LogP contribution in [0.3, 0.4) is 0 Å². The summed E-state index contributed by atoms with van der Waals surface area (Å²) in [4.78, 5) is 12.3. The number of anilines is 1. The smallest absolute Gasteiger partial charge is 0.233 e. The van der Waals surface area contributed by atoms with Crippen LogP contribution in [0.4, 0.5) is 5.13 Å². The lowest BCUT2D eigenvalue weighted by Crippen LogP contribution is -2.39. The van der Waals surface area contributed by atoms with Gasteiger partial charge in [0.15, 0.2) is 4.34 Å². The molecule has 1 aliphatic rings. The maximum atomic E-state index is 12.3. The molecular formula is C15H24N4OS2. The zero-order valence-corrected chi connectivity index (χ0v) is 14.6.